The van der Waals surface area contributed by atoms with E-state index in [0.717, 1.165) is 5.39 Å². The van der Waals surface area contributed by atoms with E-state index >= 15 is 0 Å². The SMILES string of the molecule is Oc1cccc2cccnc12.Oc1ccccc1O. The van der Waals surface area contributed by atoms with Crippen LogP contribution in [0.2, 0.25) is 0 Å². The molecule has 1 heterocycles. The van der Waals surface area contributed by atoms with E-state index in [2.05, 4.69) is 4.98 Å². The van der Waals surface area contributed by atoms with E-state index in [0.29, 0.717) is 5.52 Å². The zero-order valence-electron chi connectivity index (χ0n) is 10.1. The van der Waals surface area contributed by atoms with E-state index < -0.39 is 0 Å². The molecule has 4 heteroatoms. The number of aromatic hydroxyl groups is 3. The van der Waals surface area contributed by atoms with Crippen LogP contribution in [0, 0.1) is 0 Å². The topological polar surface area (TPSA) is 73.6 Å². The number of fused-ring (bicyclic) bond motifs is 1. The maximum Gasteiger partial charge on any atom is 0.157 e. The van der Waals surface area contributed by atoms with Gasteiger partial charge in [0.1, 0.15) is 11.3 Å². The van der Waals surface area contributed by atoms with Crippen molar-refractivity contribution in [1.29, 1.82) is 0 Å². The highest BCUT2D eigenvalue weighted by atomic mass is 16.3. The van der Waals surface area contributed by atoms with Crippen LogP contribution in [0.1, 0.15) is 0 Å². The predicted molar refractivity (Wildman–Crippen MR) is 73.2 cm³/mol. The Morgan fingerprint density at radius 2 is 1.21 bits per heavy atom. The summed E-state index contributed by atoms with van der Waals surface area (Å²) in [7, 11) is 0. The minimum atomic E-state index is -0.0764. The summed E-state index contributed by atoms with van der Waals surface area (Å²) in [6.07, 6.45) is 1.67. The second kappa shape index (κ2) is 5.73. The monoisotopic (exact) mass is 255 g/mol. The second-order valence-electron chi connectivity index (χ2n) is 3.84. The van der Waals surface area contributed by atoms with Crippen LogP contribution in [0.25, 0.3) is 10.9 Å². The van der Waals surface area contributed by atoms with Crippen LogP contribution in [0.3, 0.4) is 0 Å². The summed E-state index contributed by atoms with van der Waals surface area (Å²) in [6.45, 7) is 0. The van der Waals surface area contributed by atoms with Crippen LogP contribution < -0.4 is 0 Å². The number of hydrogen-bond acceptors (Lipinski definition) is 4. The minimum Gasteiger partial charge on any atom is -0.506 e. The van der Waals surface area contributed by atoms with E-state index in [1.54, 1.807) is 30.5 Å². The van der Waals surface area contributed by atoms with Gasteiger partial charge >= 0.3 is 0 Å². The zero-order chi connectivity index (χ0) is 13.7. The molecule has 0 fully saturated rings. The van der Waals surface area contributed by atoms with E-state index in [4.69, 9.17) is 10.2 Å². The summed E-state index contributed by atoms with van der Waals surface area (Å²) >= 11 is 0. The molecule has 0 unspecified atom stereocenters. The fraction of sp³-hybridized carbons (Fsp3) is 0. The lowest BCUT2D eigenvalue weighted by molar-refractivity contribution is 0.404. The molecule has 0 aliphatic rings. The molecule has 2 aromatic carbocycles. The first-order chi connectivity index (χ1) is 9.18. The summed E-state index contributed by atoms with van der Waals surface area (Å²) in [5.74, 6) is 0.0862. The van der Waals surface area contributed by atoms with Crippen molar-refractivity contribution < 1.29 is 15.3 Å². The molecule has 0 spiro atoms. The van der Waals surface area contributed by atoms with E-state index in [1.807, 2.05) is 18.2 Å². The molecule has 0 saturated heterocycles. The van der Waals surface area contributed by atoms with Gasteiger partial charge in [-0.1, -0.05) is 30.3 Å². The van der Waals surface area contributed by atoms with Gasteiger partial charge in [-0.25, -0.2) is 0 Å². The molecule has 96 valence electrons. The Balaban J connectivity index is 0.000000148. The van der Waals surface area contributed by atoms with Crippen molar-refractivity contribution in [2.24, 2.45) is 0 Å². The average molecular weight is 255 g/mol. The fourth-order valence-electron chi connectivity index (χ4n) is 1.55. The smallest absolute Gasteiger partial charge is 0.157 e. The van der Waals surface area contributed by atoms with Crippen LogP contribution in [0.4, 0.5) is 0 Å². The van der Waals surface area contributed by atoms with Gasteiger partial charge in [-0.3, -0.25) is 4.98 Å². The molecule has 0 aliphatic heterocycles. The number of aromatic nitrogens is 1. The van der Waals surface area contributed by atoms with Gasteiger partial charge in [0.2, 0.25) is 0 Å². The van der Waals surface area contributed by atoms with Crippen molar-refractivity contribution >= 4 is 10.9 Å². The third-order valence-electron chi connectivity index (χ3n) is 2.49. The number of phenolic OH excluding ortho intramolecular Hbond substituents is 3. The number of pyridine rings is 1. The number of hydrogen-bond donors (Lipinski definition) is 3. The summed E-state index contributed by atoms with van der Waals surface area (Å²) in [5, 5.41) is 27.6. The Bertz CT molecular complexity index is 657. The van der Waals surface area contributed by atoms with Crippen molar-refractivity contribution in [3.05, 3.63) is 60.8 Å². The van der Waals surface area contributed by atoms with Crippen molar-refractivity contribution in [3.8, 4) is 17.2 Å². The van der Waals surface area contributed by atoms with E-state index in [-0.39, 0.29) is 17.2 Å². The number of rotatable bonds is 0. The highest BCUT2D eigenvalue weighted by Gasteiger charge is 1.96. The third kappa shape index (κ3) is 3.13. The lowest BCUT2D eigenvalue weighted by atomic mass is 10.2. The Morgan fingerprint density at radius 1 is 0.632 bits per heavy atom. The summed E-state index contributed by atoms with van der Waals surface area (Å²) < 4.78 is 0. The standard InChI is InChI=1S/C9H7NO.C6H6O2/c11-8-5-1-3-7-4-2-6-10-9(7)8;7-5-3-1-2-4-6(5)8/h1-6,11H;1-4,7-8H. The summed E-state index contributed by atoms with van der Waals surface area (Å²) in [4.78, 5) is 4.03. The first kappa shape index (κ1) is 12.7. The van der Waals surface area contributed by atoms with E-state index in [1.165, 1.54) is 12.1 Å². The highest BCUT2D eigenvalue weighted by Crippen LogP contribution is 2.21. The molecule has 3 rings (SSSR count). The van der Waals surface area contributed by atoms with Crippen molar-refractivity contribution in [2.75, 3.05) is 0 Å². The first-order valence-corrected chi connectivity index (χ1v) is 5.68. The molecular weight excluding hydrogens is 242 g/mol. The molecule has 3 N–H and O–H groups in total. The molecule has 19 heavy (non-hydrogen) atoms. The van der Waals surface area contributed by atoms with Crippen molar-refractivity contribution in [1.82, 2.24) is 4.98 Å². The maximum absolute atomic E-state index is 9.31. The van der Waals surface area contributed by atoms with Gasteiger partial charge in [0.15, 0.2) is 11.5 Å². The Kier molecular flexibility index (Phi) is 3.83. The third-order valence-corrected chi connectivity index (χ3v) is 2.49. The molecule has 1 aromatic heterocycles. The maximum atomic E-state index is 9.31. The molecule has 0 bridgehead atoms. The molecular formula is C15H13NO3. The average Bonchev–Trinajstić information content (AvgIpc) is 2.44. The molecule has 0 saturated carbocycles. The van der Waals surface area contributed by atoms with Crippen LogP contribution in [0.5, 0.6) is 17.2 Å². The van der Waals surface area contributed by atoms with Gasteiger partial charge in [0.05, 0.1) is 0 Å². The summed E-state index contributed by atoms with van der Waals surface area (Å²) in [5.41, 5.74) is 0.662. The quantitative estimate of drug-likeness (QED) is 0.540. The van der Waals surface area contributed by atoms with Crippen LogP contribution in [-0.4, -0.2) is 20.3 Å². The van der Waals surface area contributed by atoms with Gasteiger partial charge in [-0.15, -0.1) is 0 Å². The molecule has 0 amide bonds. The number of phenols is 3. The lowest BCUT2D eigenvalue weighted by Gasteiger charge is -1.96. The van der Waals surface area contributed by atoms with Crippen LogP contribution >= 0.6 is 0 Å². The molecule has 0 radical (unpaired) electrons. The van der Waals surface area contributed by atoms with Crippen LogP contribution in [0.15, 0.2) is 60.8 Å². The molecule has 0 atom stereocenters. The van der Waals surface area contributed by atoms with Crippen LogP contribution in [-0.2, 0) is 0 Å². The van der Waals surface area contributed by atoms with Gasteiger partial charge in [0, 0.05) is 11.6 Å². The fourth-order valence-corrected chi connectivity index (χ4v) is 1.55. The lowest BCUT2D eigenvalue weighted by Crippen LogP contribution is -1.76. The normalized spacial score (nSPS) is 9.68. The molecule has 3 aromatic rings. The zero-order valence-corrected chi connectivity index (χ0v) is 10.1. The van der Waals surface area contributed by atoms with Crippen molar-refractivity contribution in [3.63, 3.8) is 0 Å². The van der Waals surface area contributed by atoms with Crippen molar-refractivity contribution in [2.45, 2.75) is 0 Å². The minimum absolute atomic E-state index is 0.0764. The van der Waals surface area contributed by atoms with Gasteiger partial charge in [-0.2, -0.15) is 0 Å². The number of para-hydroxylation sites is 3. The van der Waals surface area contributed by atoms with Gasteiger partial charge in [0.25, 0.3) is 0 Å². The summed E-state index contributed by atoms with van der Waals surface area (Å²) in [6, 6.07) is 15.3. The Hall–Kier alpha value is -2.75. The number of benzene rings is 2. The van der Waals surface area contributed by atoms with E-state index in [9.17, 15) is 5.11 Å². The van der Waals surface area contributed by atoms with Gasteiger partial charge < -0.3 is 15.3 Å². The first-order valence-electron chi connectivity index (χ1n) is 5.68. The molecule has 4 nitrogen and oxygen atoms in total. The number of nitrogens with zero attached hydrogens (tertiary/aromatic N) is 1. The highest BCUT2D eigenvalue weighted by molar-refractivity contribution is 5.83. The van der Waals surface area contributed by atoms with Gasteiger partial charge in [-0.05, 0) is 24.3 Å². The predicted octanol–water partition coefficient (Wildman–Crippen LogP) is 3.04. The second-order valence-corrected chi connectivity index (χ2v) is 3.84. The largest absolute Gasteiger partial charge is 0.506 e. The Morgan fingerprint density at radius 3 is 1.79 bits per heavy atom. The molecule has 0 aliphatic carbocycles. The Labute approximate surface area is 110 Å².